The number of amides is 1. The van der Waals surface area contributed by atoms with E-state index in [9.17, 15) is 13.2 Å². The van der Waals surface area contributed by atoms with E-state index in [-0.39, 0.29) is 10.6 Å². The molecule has 0 spiro atoms. The highest BCUT2D eigenvalue weighted by atomic mass is 35.5. The summed E-state index contributed by atoms with van der Waals surface area (Å²) in [5.74, 6) is -0.594. The van der Waals surface area contributed by atoms with Crippen LogP contribution in [0.4, 0.5) is 5.69 Å². The fourth-order valence-electron chi connectivity index (χ4n) is 4.41. The van der Waals surface area contributed by atoms with E-state index in [1.54, 1.807) is 36.5 Å². The summed E-state index contributed by atoms with van der Waals surface area (Å²) in [6.45, 7) is 3.21. The molecule has 5 rings (SSSR count). The Morgan fingerprint density at radius 2 is 1.49 bits per heavy atom. The van der Waals surface area contributed by atoms with Crippen molar-refractivity contribution in [1.82, 2.24) is 5.43 Å². The number of hydrogen-bond donors (Lipinski definition) is 1. The van der Waals surface area contributed by atoms with E-state index >= 15 is 0 Å². The molecule has 0 radical (unpaired) electrons. The molecule has 5 aromatic rings. The topological polar surface area (TPSA) is 78.8 Å². The number of nitrogens with one attached hydrogen (secondary N) is 1. The molecule has 196 valence electrons. The van der Waals surface area contributed by atoms with E-state index in [2.05, 4.69) is 16.6 Å². The van der Waals surface area contributed by atoms with Crippen molar-refractivity contribution in [2.45, 2.75) is 18.7 Å². The number of fused-ring (bicyclic) bond motifs is 2. The van der Waals surface area contributed by atoms with Gasteiger partial charge in [0.1, 0.15) is 6.54 Å². The van der Waals surface area contributed by atoms with Gasteiger partial charge in [0.15, 0.2) is 0 Å². The third kappa shape index (κ3) is 5.50. The standard InChI is InChI=1S/C31H26ClN3O3S/c1-21-11-15-26(16-12-21)39(37,38)35(25-14-13-22(2)30(32)18-25)20-31(36)34-33-19-29-27-9-5-3-7-23(27)17-24-8-4-6-10-28(24)29/h3-19H,20H2,1-2H3,(H,34,36)/b33-19-. The van der Waals surface area contributed by atoms with Gasteiger partial charge in [-0.25, -0.2) is 13.8 Å². The molecule has 8 heteroatoms. The average Bonchev–Trinajstić information content (AvgIpc) is 2.93. The summed E-state index contributed by atoms with van der Waals surface area (Å²) in [5, 5.41) is 8.70. The zero-order valence-corrected chi connectivity index (χ0v) is 23.0. The van der Waals surface area contributed by atoms with Gasteiger partial charge in [-0.2, -0.15) is 5.10 Å². The second-order valence-corrected chi connectivity index (χ2v) is 11.6. The van der Waals surface area contributed by atoms with Crippen LogP contribution in [0.15, 0.2) is 107 Å². The zero-order valence-electron chi connectivity index (χ0n) is 21.4. The highest BCUT2D eigenvalue weighted by molar-refractivity contribution is 7.92. The van der Waals surface area contributed by atoms with Gasteiger partial charge in [-0.05, 0) is 71.3 Å². The van der Waals surface area contributed by atoms with Crippen molar-refractivity contribution in [2.75, 3.05) is 10.8 Å². The van der Waals surface area contributed by atoms with Gasteiger partial charge in [-0.3, -0.25) is 9.10 Å². The lowest BCUT2D eigenvalue weighted by molar-refractivity contribution is -0.119. The van der Waals surface area contributed by atoms with E-state index in [1.807, 2.05) is 62.4 Å². The summed E-state index contributed by atoms with van der Waals surface area (Å²) < 4.78 is 28.3. The molecule has 6 nitrogen and oxygen atoms in total. The molecule has 0 atom stereocenters. The van der Waals surface area contributed by atoms with Gasteiger partial charge in [0.05, 0.1) is 16.8 Å². The lowest BCUT2D eigenvalue weighted by atomic mass is 9.97. The Bertz CT molecular complexity index is 1780. The molecule has 1 N–H and O–H groups in total. The van der Waals surface area contributed by atoms with Gasteiger partial charge in [0, 0.05) is 10.6 Å². The minimum absolute atomic E-state index is 0.0725. The number of sulfonamides is 1. The first-order valence-corrected chi connectivity index (χ1v) is 14.1. The van der Waals surface area contributed by atoms with Gasteiger partial charge in [0.25, 0.3) is 15.9 Å². The van der Waals surface area contributed by atoms with Crippen LogP contribution in [-0.2, 0) is 14.8 Å². The van der Waals surface area contributed by atoms with Crippen LogP contribution in [0.3, 0.4) is 0 Å². The largest absolute Gasteiger partial charge is 0.271 e. The van der Waals surface area contributed by atoms with Gasteiger partial charge < -0.3 is 0 Å². The molecular weight excluding hydrogens is 530 g/mol. The van der Waals surface area contributed by atoms with Gasteiger partial charge in [-0.1, -0.05) is 83.9 Å². The van der Waals surface area contributed by atoms with Crippen molar-refractivity contribution in [1.29, 1.82) is 0 Å². The lowest BCUT2D eigenvalue weighted by Crippen LogP contribution is -2.39. The number of anilines is 1. The van der Waals surface area contributed by atoms with Crippen LogP contribution in [-0.4, -0.2) is 27.1 Å². The molecule has 0 unspecified atom stereocenters. The maximum absolute atomic E-state index is 13.6. The minimum Gasteiger partial charge on any atom is -0.271 e. The SMILES string of the molecule is Cc1ccc(S(=O)(=O)N(CC(=O)N/N=C\c2c3ccccc3cc3ccccc23)c2ccc(C)c(Cl)c2)cc1. The molecule has 0 saturated heterocycles. The quantitative estimate of drug-likeness (QED) is 0.139. The van der Waals surface area contributed by atoms with Crippen LogP contribution in [0.25, 0.3) is 21.5 Å². The van der Waals surface area contributed by atoms with E-state index in [1.165, 1.54) is 12.1 Å². The number of halogens is 1. The van der Waals surface area contributed by atoms with Crippen LogP contribution >= 0.6 is 11.6 Å². The first-order chi connectivity index (χ1) is 18.7. The van der Waals surface area contributed by atoms with Crippen molar-refractivity contribution in [3.63, 3.8) is 0 Å². The fourth-order valence-corrected chi connectivity index (χ4v) is 6.00. The maximum Gasteiger partial charge on any atom is 0.264 e. The van der Waals surface area contributed by atoms with E-state index in [0.717, 1.165) is 42.5 Å². The van der Waals surface area contributed by atoms with Gasteiger partial charge in [-0.15, -0.1) is 0 Å². The highest BCUT2D eigenvalue weighted by Crippen LogP contribution is 2.29. The first kappa shape index (κ1) is 26.4. The van der Waals surface area contributed by atoms with Crippen LogP contribution in [0.1, 0.15) is 16.7 Å². The third-order valence-corrected chi connectivity index (χ3v) is 8.73. The molecule has 1 amide bonds. The van der Waals surface area contributed by atoms with Crippen molar-refractivity contribution in [2.24, 2.45) is 5.10 Å². The second kappa shape index (κ2) is 10.9. The van der Waals surface area contributed by atoms with Crippen LogP contribution in [0.5, 0.6) is 0 Å². The fraction of sp³-hybridized carbons (Fsp3) is 0.0968. The summed E-state index contributed by atoms with van der Waals surface area (Å²) in [6, 6.07) is 29.4. The second-order valence-electron chi connectivity index (χ2n) is 9.28. The van der Waals surface area contributed by atoms with Crippen molar-refractivity contribution in [3.8, 4) is 0 Å². The number of nitrogens with zero attached hydrogens (tertiary/aromatic N) is 2. The molecule has 0 aromatic heterocycles. The molecule has 0 bridgehead atoms. The summed E-state index contributed by atoms with van der Waals surface area (Å²) in [4.78, 5) is 13.1. The molecule has 0 aliphatic carbocycles. The third-order valence-electron chi connectivity index (χ3n) is 6.54. The molecule has 0 aliphatic rings. The Morgan fingerprint density at radius 1 is 0.872 bits per heavy atom. The highest BCUT2D eigenvalue weighted by Gasteiger charge is 2.27. The summed E-state index contributed by atoms with van der Waals surface area (Å²) >= 11 is 6.31. The lowest BCUT2D eigenvalue weighted by Gasteiger charge is -2.24. The monoisotopic (exact) mass is 555 g/mol. The normalized spacial score (nSPS) is 11.8. The number of carbonyl (C=O) groups is 1. The molecule has 5 aromatic carbocycles. The van der Waals surface area contributed by atoms with Crippen molar-refractivity contribution < 1.29 is 13.2 Å². The Morgan fingerprint density at radius 3 is 2.10 bits per heavy atom. The molecule has 0 fully saturated rings. The Kier molecular flexibility index (Phi) is 7.37. The van der Waals surface area contributed by atoms with E-state index in [4.69, 9.17) is 11.6 Å². The summed E-state index contributed by atoms with van der Waals surface area (Å²) in [6.07, 6.45) is 1.60. The Hall–Kier alpha value is -4.20. The number of hydrazone groups is 1. The number of rotatable bonds is 7. The molecule has 0 heterocycles. The predicted octanol–water partition coefficient (Wildman–Crippen LogP) is 6.61. The van der Waals surface area contributed by atoms with Crippen LogP contribution in [0, 0.1) is 13.8 Å². The first-order valence-electron chi connectivity index (χ1n) is 12.3. The van der Waals surface area contributed by atoms with Crippen molar-refractivity contribution in [3.05, 3.63) is 119 Å². The predicted molar refractivity (Wildman–Crippen MR) is 159 cm³/mol. The van der Waals surface area contributed by atoms with Crippen LogP contribution in [0.2, 0.25) is 5.02 Å². The Labute approximate surface area is 232 Å². The van der Waals surface area contributed by atoms with E-state index < -0.39 is 22.5 Å². The van der Waals surface area contributed by atoms with Crippen molar-refractivity contribution >= 4 is 61.0 Å². The Balaban J connectivity index is 1.46. The summed E-state index contributed by atoms with van der Waals surface area (Å²) in [7, 11) is -4.07. The summed E-state index contributed by atoms with van der Waals surface area (Å²) in [5.41, 5.74) is 5.37. The molecule has 0 aliphatic heterocycles. The van der Waals surface area contributed by atoms with E-state index in [0.29, 0.717) is 5.02 Å². The van der Waals surface area contributed by atoms with Crippen LogP contribution < -0.4 is 9.73 Å². The average molecular weight is 556 g/mol. The number of carbonyl (C=O) groups excluding carboxylic acids is 1. The zero-order chi connectivity index (χ0) is 27.6. The molecule has 0 saturated carbocycles. The molecule has 39 heavy (non-hydrogen) atoms. The smallest absolute Gasteiger partial charge is 0.264 e. The minimum atomic E-state index is -4.07. The number of hydrogen-bond acceptors (Lipinski definition) is 4. The van der Waals surface area contributed by atoms with Gasteiger partial charge in [0.2, 0.25) is 0 Å². The maximum atomic E-state index is 13.6. The number of aryl methyl sites for hydroxylation is 2. The van der Waals surface area contributed by atoms with Gasteiger partial charge >= 0.3 is 0 Å². The molecular formula is C31H26ClN3O3S. The number of benzene rings is 5.